The van der Waals surface area contributed by atoms with E-state index < -0.39 is 4.92 Å². The molecule has 16 heavy (non-hydrogen) atoms. The van der Waals surface area contributed by atoms with Crippen LogP contribution in [0.25, 0.3) is 0 Å². The number of carbonyl (C=O) groups is 1. The Morgan fingerprint density at radius 2 is 1.81 bits per heavy atom. The van der Waals surface area contributed by atoms with Gasteiger partial charge in [-0.2, -0.15) is 0 Å². The van der Waals surface area contributed by atoms with Gasteiger partial charge in [0.15, 0.2) is 0 Å². The number of nitro groups is 1. The molecule has 0 saturated carbocycles. The summed E-state index contributed by atoms with van der Waals surface area (Å²) in [6.45, 7) is 5.74. The van der Waals surface area contributed by atoms with Crippen LogP contribution in [-0.2, 0) is 4.79 Å². The molecular weight excluding hydrogens is 208 g/mol. The second-order valence-corrected chi connectivity index (χ2v) is 2.71. The molecule has 1 rings (SSSR count). The number of hydrogen-bond donors (Lipinski definition) is 1. The van der Waals surface area contributed by atoms with Crippen molar-refractivity contribution in [1.29, 1.82) is 0 Å². The maximum absolute atomic E-state index is 11.0. The summed E-state index contributed by atoms with van der Waals surface area (Å²) in [5, 5.41) is 12.9. The van der Waals surface area contributed by atoms with Crippen LogP contribution in [-0.4, -0.2) is 10.8 Å². The van der Waals surface area contributed by atoms with Crippen LogP contribution < -0.4 is 5.32 Å². The smallest absolute Gasteiger partial charge is 0.269 e. The van der Waals surface area contributed by atoms with Crippen molar-refractivity contribution in [2.75, 3.05) is 5.32 Å². The van der Waals surface area contributed by atoms with Crippen molar-refractivity contribution in [3.63, 3.8) is 0 Å². The van der Waals surface area contributed by atoms with E-state index in [9.17, 15) is 14.9 Å². The molecule has 0 aromatic heterocycles. The van der Waals surface area contributed by atoms with Gasteiger partial charge in [-0.3, -0.25) is 14.9 Å². The molecule has 5 nitrogen and oxygen atoms in total. The Balaban J connectivity index is 0.00000106. The molecule has 88 valence electrons. The van der Waals surface area contributed by atoms with Crippen LogP contribution in [0.4, 0.5) is 11.4 Å². The van der Waals surface area contributed by atoms with Crippen LogP contribution in [0.3, 0.4) is 0 Å². The van der Waals surface area contributed by atoms with Crippen molar-refractivity contribution in [3.8, 4) is 0 Å². The van der Waals surface area contributed by atoms with Crippen molar-refractivity contribution in [2.24, 2.45) is 0 Å². The third kappa shape index (κ3) is 4.54. The lowest BCUT2D eigenvalue weighted by Gasteiger charge is -2.01. The molecule has 1 amide bonds. The van der Waals surface area contributed by atoms with Crippen LogP contribution in [0.5, 0.6) is 0 Å². The summed E-state index contributed by atoms with van der Waals surface area (Å²) in [4.78, 5) is 20.8. The molecule has 0 aliphatic carbocycles. The minimum atomic E-state index is -0.481. The van der Waals surface area contributed by atoms with Crippen molar-refractivity contribution >= 4 is 17.3 Å². The van der Waals surface area contributed by atoms with Crippen LogP contribution in [0, 0.1) is 10.1 Å². The zero-order chi connectivity index (χ0) is 12.6. The number of benzene rings is 1. The molecule has 1 aromatic carbocycles. The van der Waals surface area contributed by atoms with Crippen molar-refractivity contribution < 1.29 is 9.72 Å². The molecule has 0 unspecified atom stereocenters. The first kappa shape index (κ1) is 14.1. The van der Waals surface area contributed by atoms with Gasteiger partial charge < -0.3 is 5.32 Å². The minimum Gasteiger partial charge on any atom is -0.326 e. The Morgan fingerprint density at radius 3 is 2.19 bits per heavy atom. The average molecular weight is 224 g/mol. The van der Waals surface area contributed by atoms with Gasteiger partial charge in [-0.15, -0.1) is 0 Å². The molecule has 0 bridgehead atoms. The first-order valence-corrected chi connectivity index (χ1v) is 5.17. The lowest BCUT2D eigenvalue weighted by molar-refractivity contribution is -0.384. The number of anilines is 1. The molecule has 0 aliphatic heterocycles. The highest BCUT2D eigenvalue weighted by molar-refractivity contribution is 5.90. The Kier molecular flexibility index (Phi) is 6.51. The number of carbonyl (C=O) groups excluding carboxylic acids is 1. The topological polar surface area (TPSA) is 72.2 Å². The highest BCUT2D eigenvalue weighted by Crippen LogP contribution is 2.15. The highest BCUT2D eigenvalue weighted by atomic mass is 16.6. The molecule has 1 N–H and O–H groups in total. The first-order valence-electron chi connectivity index (χ1n) is 5.17. The average Bonchev–Trinajstić information content (AvgIpc) is 2.32. The summed E-state index contributed by atoms with van der Waals surface area (Å²) in [5.41, 5.74) is 0.585. The third-order valence-corrected chi connectivity index (χ3v) is 1.68. The van der Waals surface area contributed by atoms with Crippen molar-refractivity contribution in [1.82, 2.24) is 0 Å². The third-order valence-electron chi connectivity index (χ3n) is 1.68. The van der Waals surface area contributed by atoms with Crippen LogP contribution in [0.2, 0.25) is 0 Å². The van der Waals surface area contributed by atoms with Crippen LogP contribution >= 0.6 is 0 Å². The van der Waals surface area contributed by atoms with E-state index in [2.05, 4.69) is 5.32 Å². The molecule has 0 aliphatic rings. The van der Waals surface area contributed by atoms with Gasteiger partial charge in [0.2, 0.25) is 5.91 Å². The van der Waals surface area contributed by atoms with E-state index >= 15 is 0 Å². The number of hydrogen-bond acceptors (Lipinski definition) is 3. The summed E-state index contributed by atoms with van der Waals surface area (Å²) in [6.07, 6.45) is 0.386. The van der Waals surface area contributed by atoms with E-state index in [0.29, 0.717) is 12.1 Å². The van der Waals surface area contributed by atoms with E-state index in [1.54, 1.807) is 6.92 Å². The molecule has 1 aromatic rings. The molecule has 0 saturated heterocycles. The van der Waals surface area contributed by atoms with Crippen molar-refractivity contribution in [3.05, 3.63) is 34.4 Å². The number of non-ortho nitro benzene ring substituents is 1. The lowest BCUT2D eigenvalue weighted by atomic mass is 10.3. The molecular formula is C11H16N2O3. The van der Waals surface area contributed by atoms with Gasteiger partial charge in [-0.25, -0.2) is 0 Å². The van der Waals surface area contributed by atoms with Gasteiger partial charge in [-0.05, 0) is 12.1 Å². The highest BCUT2D eigenvalue weighted by Gasteiger charge is 2.04. The number of nitrogens with one attached hydrogen (secondary N) is 1. The Labute approximate surface area is 94.6 Å². The van der Waals surface area contributed by atoms with E-state index in [-0.39, 0.29) is 11.6 Å². The fourth-order valence-electron chi connectivity index (χ4n) is 0.916. The van der Waals surface area contributed by atoms with Crippen LogP contribution in [0.1, 0.15) is 27.2 Å². The fraction of sp³-hybridized carbons (Fsp3) is 0.364. The van der Waals surface area contributed by atoms with E-state index in [4.69, 9.17) is 0 Å². The van der Waals surface area contributed by atoms with Gasteiger partial charge >= 0.3 is 0 Å². The maximum atomic E-state index is 11.0. The zero-order valence-corrected chi connectivity index (χ0v) is 9.69. The summed E-state index contributed by atoms with van der Waals surface area (Å²) in [6, 6.07) is 5.72. The summed E-state index contributed by atoms with van der Waals surface area (Å²) < 4.78 is 0. The van der Waals surface area contributed by atoms with E-state index in [1.165, 1.54) is 24.3 Å². The Hall–Kier alpha value is -1.91. The quantitative estimate of drug-likeness (QED) is 0.633. The molecule has 0 spiro atoms. The monoisotopic (exact) mass is 224 g/mol. The number of amides is 1. The maximum Gasteiger partial charge on any atom is 0.269 e. The van der Waals surface area contributed by atoms with Crippen LogP contribution in [0.15, 0.2) is 24.3 Å². The summed E-state index contributed by atoms with van der Waals surface area (Å²) in [5.74, 6) is -0.112. The van der Waals surface area contributed by atoms with Gasteiger partial charge in [0.1, 0.15) is 0 Å². The molecule has 0 atom stereocenters. The van der Waals surface area contributed by atoms with E-state index in [1.807, 2.05) is 13.8 Å². The number of nitrogens with zero attached hydrogens (tertiary/aromatic N) is 1. The van der Waals surface area contributed by atoms with E-state index in [0.717, 1.165) is 0 Å². The molecule has 5 heteroatoms. The van der Waals surface area contributed by atoms with Gasteiger partial charge in [-0.1, -0.05) is 20.8 Å². The fourth-order valence-corrected chi connectivity index (χ4v) is 0.916. The second-order valence-electron chi connectivity index (χ2n) is 2.71. The number of nitro benzene ring substituents is 1. The SMILES string of the molecule is CC.CCC(=O)Nc1ccc([N+](=O)[O-])cc1. The normalized spacial score (nSPS) is 8.69. The Bertz CT molecular complexity index is 347. The first-order chi connectivity index (χ1) is 7.63. The molecule has 0 heterocycles. The van der Waals surface area contributed by atoms with Gasteiger partial charge in [0.25, 0.3) is 5.69 Å². The lowest BCUT2D eigenvalue weighted by Crippen LogP contribution is -2.09. The Morgan fingerprint density at radius 1 is 1.31 bits per heavy atom. The summed E-state index contributed by atoms with van der Waals surface area (Å²) >= 11 is 0. The minimum absolute atomic E-state index is 0.0134. The zero-order valence-electron chi connectivity index (χ0n) is 9.69. The molecule has 0 fully saturated rings. The van der Waals surface area contributed by atoms with Gasteiger partial charge in [0.05, 0.1) is 4.92 Å². The largest absolute Gasteiger partial charge is 0.326 e. The molecule has 0 radical (unpaired) electrons. The predicted molar refractivity (Wildman–Crippen MR) is 63.4 cm³/mol. The predicted octanol–water partition coefficient (Wildman–Crippen LogP) is 2.97. The van der Waals surface area contributed by atoms with Crippen molar-refractivity contribution in [2.45, 2.75) is 27.2 Å². The number of rotatable bonds is 3. The standard InChI is InChI=1S/C9H10N2O3.C2H6/c1-2-9(12)10-7-3-5-8(6-4-7)11(13)14;1-2/h3-6H,2H2,1H3,(H,10,12);1-2H3. The second kappa shape index (κ2) is 7.39. The summed E-state index contributed by atoms with van der Waals surface area (Å²) in [7, 11) is 0. The van der Waals surface area contributed by atoms with Gasteiger partial charge in [0, 0.05) is 24.2 Å².